The SMILES string of the molecule is O=C(CSc1nnc(Cc2cccs2)n1-c1ccccc1)Nc1ccc(N2CCCC2=O)cc1. The molecule has 1 saturated heterocycles. The van der Waals surface area contributed by atoms with Crippen molar-refractivity contribution in [1.82, 2.24) is 14.8 Å². The third kappa shape index (κ3) is 5.05. The normalized spacial score (nSPS) is 13.4. The summed E-state index contributed by atoms with van der Waals surface area (Å²) in [6.45, 7) is 0.748. The fourth-order valence-electron chi connectivity index (χ4n) is 3.89. The van der Waals surface area contributed by atoms with Gasteiger partial charge in [0.25, 0.3) is 0 Å². The highest BCUT2D eigenvalue weighted by Crippen LogP contribution is 2.26. The monoisotopic (exact) mass is 489 g/mol. The number of thioether (sulfide) groups is 1. The van der Waals surface area contributed by atoms with Crippen molar-refractivity contribution >= 4 is 46.3 Å². The van der Waals surface area contributed by atoms with E-state index < -0.39 is 0 Å². The summed E-state index contributed by atoms with van der Waals surface area (Å²) in [4.78, 5) is 27.5. The summed E-state index contributed by atoms with van der Waals surface area (Å²) in [5, 5.41) is 14.4. The predicted molar refractivity (Wildman–Crippen MR) is 136 cm³/mol. The molecule has 9 heteroatoms. The minimum atomic E-state index is -0.127. The van der Waals surface area contributed by atoms with Gasteiger partial charge in [0, 0.05) is 41.3 Å². The number of hydrogen-bond acceptors (Lipinski definition) is 6. The Morgan fingerprint density at radius 3 is 2.53 bits per heavy atom. The molecule has 0 aliphatic carbocycles. The Kier molecular flexibility index (Phi) is 6.73. The van der Waals surface area contributed by atoms with E-state index in [1.54, 1.807) is 16.2 Å². The lowest BCUT2D eigenvalue weighted by Crippen LogP contribution is -2.23. The Labute approximate surface area is 205 Å². The van der Waals surface area contributed by atoms with E-state index >= 15 is 0 Å². The predicted octanol–water partition coefficient (Wildman–Crippen LogP) is 4.78. The zero-order valence-electron chi connectivity index (χ0n) is 18.4. The van der Waals surface area contributed by atoms with Crippen LogP contribution in [0.15, 0.2) is 77.3 Å². The second-order valence-electron chi connectivity index (χ2n) is 7.86. The van der Waals surface area contributed by atoms with Crippen molar-refractivity contribution in [2.24, 2.45) is 0 Å². The molecule has 1 fully saturated rings. The molecule has 5 rings (SSSR count). The fraction of sp³-hybridized carbons (Fsp3) is 0.200. The third-order valence-corrected chi connectivity index (χ3v) is 7.30. The van der Waals surface area contributed by atoms with E-state index in [0.717, 1.165) is 30.2 Å². The third-order valence-electron chi connectivity index (χ3n) is 5.50. The number of nitrogens with zero attached hydrogens (tertiary/aromatic N) is 4. The Morgan fingerprint density at radius 2 is 1.82 bits per heavy atom. The molecular formula is C25H23N5O2S2. The number of hydrogen-bond donors (Lipinski definition) is 1. The Hall–Kier alpha value is -3.43. The zero-order chi connectivity index (χ0) is 23.3. The summed E-state index contributed by atoms with van der Waals surface area (Å²) in [5.74, 6) is 1.06. The molecular weight excluding hydrogens is 466 g/mol. The Morgan fingerprint density at radius 1 is 1.00 bits per heavy atom. The first-order chi connectivity index (χ1) is 16.7. The van der Waals surface area contributed by atoms with Crippen molar-refractivity contribution in [3.63, 3.8) is 0 Å². The first-order valence-electron chi connectivity index (χ1n) is 11.0. The van der Waals surface area contributed by atoms with E-state index in [4.69, 9.17) is 0 Å². The van der Waals surface area contributed by atoms with E-state index in [-0.39, 0.29) is 17.6 Å². The molecule has 1 N–H and O–H groups in total. The van der Waals surface area contributed by atoms with Crippen LogP contribution in [0.2, 0.25) is 0 Å². The highest BCUT2D eigenvalue weighted by Gasteiger charge is 2.21. The molecule has 0 atom stereocenters. The number of para-hydroxylation sites is 1. The van der Waals surface area contributed by atoms with Gasteiger partial charge >= 0.3 is 0 Å². The maximum absolute atomic E-state index is 12.6. The highest BCUT2D eigenvalue weighted by molar-refractivity contribution is 7.99. The summed E-state index contributed by atoms with van der Waals surface area (Å²) in [6, 6.07) is 21.5. The minimum Gasteiger partial charge on any atom is -0.325 e. The van der Waals surface area contributed by atoms with Crippen LogP contribution in [0, 0.1) is 0 Å². The number of rotatable bonds is 8. The summed E-state index contributed by atoms with van der Waals surface area (Å²) >= 11 is 3.04. The number of thiophene rings is 1. The van der Waals surface area contributed by atoms with Gasteiger partial charge in [0.1, 0.15) is 5.82 Å². The summed E-state index contributed by atoms with van der Waals surface area (Å²) < 4.78 is 2.01. The molecule has 4 aromatic rings. The molecule has 2 aromatic carbocycles. The van der Waals surface area contributed by atoms with Crippen LogP contribution in [0.5, 0.6) is 0 Å². The van der Waals surface area contributed by atoms with Crippen LogP contribution < -0.4 is 10.2 Å². The number of amides is 2. The number of anilines is 2. The van der Waals surface area contributed by atoms with E-state index in [0.29, 0.717) is 23.7 Å². The minimum absolute atomic E-state index is 0.127. The summed E-state index contributed by atoms with van der Waals surface area (Å²) in [7, 11) is 0. The summed E-state index contributed by atoms with van der Waals surface area (Å²) in [6.07, 6.45) is 2.16. The van der Waals surface area contributed by atoms with Crippen LogP contribution in [-0.4, -0.2) is 38.9 Å². The molecule has 1 aliphatic rings. The van der Waals surface area contributed by atoms with Crippen molar-refractivity contribution in [3.8, 4) is 5.69 Å². The van der Waals surface area contributed by atoms with Crippen LogP contribution >= 0.6 is 23.1 Å². The van der Waals surface area contributed by atoms with Gasteiger partial charge in [0.05, 0.1) is 5.75 Å². The first-order valence-corrected chi connectivity index (χ1v) is 12.9. The maximum Gasteiger partial charge on any atom is 0.234 e. The van der Waals surface area contributed by atoms with Crippen LogP contribution in [0.1, 0.15) is 23.5 Å². The maximum atomic E-state index is 12.6. The average Bonchev–Trinajstić information content (AvgIpc) is 3.61. The first kappa shape index (κ1) is 22.4. The van der Waals surface area contributed by atoms with Gasteiger partial charge in [0.2, 0.25) is 11.8 Å². The lowest BCUT2D eigenvalue weighted by atomic mass is 10.2. The fourth-order valence-corrected chi connectivity index (χ4v) is 5.36. The molecule has 7 nitrogen and oxygen atoms in total. The van der Waals surface area contributed by atoms with Crippen molar-refractivity contribution in [1.29, 1.82) is 0 Å². The van der Waals surface area contributed by atoms with Gasteiger partial charge in [-0.05, 0) is 54.3 Å². The van der Waals surface area contributed by atoms with Crippen LogP contribution in [0.25, 0.3) is 5.69 Å². The lowest BCUT2D eigenvalue weighted by Gasteiger charge is -2.16. The van der Waals surface area contributed by atoms with Crippen LogP contribution in [0.3, 0.4) is 0 Å². The molecule has 0 radical (unpaired) electrons. The van der Waals surface area contributed by atoms with Crippen molar-refractivity contribution in [2.45, 2.75) is 24.4 Å². The standard InChI is InChI=1S/C25H23N5O2S2/c31-23(26-18-10-12-19(13-11-18)29-14-4-9-24(29)32)17-34-25-28-27-22(16-21-8-5-15-33-21)30(25)20-6-2-1-3-7-20/h1-3,5-8,10-13,15H,4,9,14,16-17H2,(H,26,31). The van der Waals surface area contributed by atoms with Crippen molar-refractivity contribution < 1.29 is 9.59 Å². The number of benzene rings is 2. The van der Waals surface area contributed by atoms with Gasteiger partial charge < -0.3 is 10.2 Å². The van der Waals surface area contributed by atoms with Gasteiger partial charge in [-0.15, -0.1) is 21.5 Å². The van der Waals surface area contributed by atoms with Crippen molar-refractivity contribution in [2.75, 3.05) is 22.5 Å². The van der Waals surface area contributed by atoms with E-state index in [2.05, 4.69) is 21.6 Å². The molecule has 0 saturated carbocycles. The van der Waals surface area contributed by atoms with Gasteiger partial charge in [0.15, 0.2) is 5.16 Å². The highest BCUT2D eigenvalue weighted by atomic mass is 32.2. The Balaban J connectivity index is 1.26. The number of aromatic nitrogens is 3. The van der Waals surface area contributed by atoms with E-state index in [1.165, 1.54) is 16.6 Å². The van der Waals surface area contributed by atoms with E-state index in [1.807, 2.05) is 70.6 Å². The quantitative estimate of drug-likeness (QED) is 0.361. The van der Waals surface area contributed by atoms with Crippen molar-refractivity contribution in [3.05, 3.63) is 82.8 Å². The van der Waals surface area contributed by atoms with Gasteiger partial charge in [-0.25, -0.2) is 0 Å². The number of nitrogens with one attached hydrogen (secondary N) is 1. The average molecular weight is 490 g/mol. The molecule has 34 heavy (non-hydrogen) atoms. The second kappa shape index (κ2) is 10.2. The van der Waals surface area contributed by atoms with Crippen LogP contribution in [0.4, 0.5) is 11.4 Å². The molecule has 2 aromatic heterocycles. The lowest BCUT2D eigenvalue weighted by molar-refractivity contribution is -0.117. The smallest absolute Gasteiger partial charge is 0.234 e. The molecule has 3 heterocycles. The molecule has 0 unspecified atom stereocenters. The second-order valence-corrected chi connectivity index (χ2v) is 9.83. The van der Waals surface area contributed by atoms with E-state index in [9.17, 15) is 9.59 Å². The van der Waals surface area contributed by atoms with Crippen LogP contribution in [-0.2, 0) is 16.0 Å². The van der Waals surface area contributed by atoms with Gasteiger partial charge in [-0.2, -0.15) is 0 Å². The molecule has 0 spiro atoms. The Bertz CT molecular complexity index is 1270. The molecule has 1 aliphatic heterocycles. The molecule has 172 valence electrons. The summed E-state index contributed by atoms with van der Waals surface area (Å²) in [5.41, 5.74) is 2.53. The molecule has 0 bridgehead atoms. The largest absolute Gasteiger partial charge is 0.325 e. The number of carbonyl (C=O) groups is 2. The number of carbonyl (C=O) groups excluding carboxylic acids is 2. The zero-order valence-corrected chi connectivity index (χ0v) is 20.0. The molecule has 2 amide bonds. The topological polar surface area (TPSA) is 80.1 Å². The van der Waals surface area contributed by atoms with Gasteiger partial charge in [-0.1, -0.05) is 36.0 Å². The van der Waals surface area contributed by atoms with Gasteiger partial charge in [-0.3, -0.25) is 14.2 Å².